The van der Waals surface area contributed by atoms with E-state index in [1.54, 1.807) is 12.1 Å². The molecule has 1 aromatic rings. The molecule has 0 fully saturated rings. The highest BCUT2D eigenvalue weighted by molar-refractivity contribution is 5.37. The predicted octanol–water partition coefficient (Wildman–Crippen LogP) is 1.41. The van der Waals surface area contributed by atoms with Crippen molar-refractivity contribution in [1.82, 2.24) is 4.90 Å². The molecule has 1 aliphatic rings. The SMILES string of the molecule is CN(CCCN)CC1Cc2cc(F)ccc2O1. The molecule has 0 bridgehead atoms. The van der Waals surface area contributed by atoms with Gasteiger partial charge in [-0.2, -0.15) is 0 Å². The number of rotatable bonds is 5. The Morgan fingerprint density at radius 1 is 1.53 bits per heavy atom. The molecule has 1 unspecified atom stereocenters. The Morgan fingerprint density at radius 3 is 3.12 bits per heavy atom. The summed E-state index contributed by atoms with van der Waals surface area (Å²) in [4.78, 5) is 2.21. The highest BCUT2D eigenvalue weighted by atomic mass is 19.1. The van der Waals surface area contributed by atoms with E-state index < -0.39 is 0 Å². The monoisotopic (exact) mass is 238 g/mol. The Kier molecular flexibility index (Phi) is 3.97. The number of nitrogens with two attached hydrogens (primary N) is 1. The zero-order valence-corrected chi connectivity index (χ0v) is 10.2. The first kappa shape index (κ1) is 12.3. The minimum Gasteiger partial charge on any atom is -0.488 e. The van der Waals surface area contributed by atoms with E-state index in [9.17, 15) is 4.39 Å². The van der Waals surface area contributed by atoms with Crippen LogP contribution in [0.5, 0.6) is 5.75 Å². The van der Waals surface area contributed by atoms with Crippen molar-refractivity contribution < 1.29 is 9.13 Å². The van der Waals surface area contributed by atoms with Crippen LogP contribution in [-0.4, -0.2) is 37.7 Å². The Morgan fingerprint density at radius 2 is 2.35 bits per heavy atom. The normalized spacial score (nSPS) is 18.2. The van der Waals surface area contributed by atoms with Crippen molar-refractivity contribution in [3.8, 4) is 5.75 Å². The Balaban J connectivity index is 1.87. The van der Waals surface area contributed by atoms with Crippen LogP contribution in [0.15, 0.2) is 18.2 Å². The lowest BCUT2D eigenvalue weighted by molar-refractivity contribution is 0.168. The quantitative estimate of drug-likeness (QED) is 0.843. The van der Waals surface area contributed by atoms with Crippen molar-refractivity contribution in [3.05, 3.63) is 29.6 Å². The average Bonchev–Trinajstić information content (AvgIpc) is 2.67. The molecule has 17 heavy (non-hydrogen) atoms. The fourth-order valence-electron chi connectivity index (χ4n) is 2.19. The lowest BCUT2D eigenvalue weighted by Crippen LogP contribution is -2.33. The van der Waals surface area contributed by atoms with Crippen molar-refractivity contribution >= 4 is 0 Å². The van der Waals surface area contributed by atoms with Crippen molar-refractivity contribution in [2.75, 3.05) is 26.7 Å². The molecule has 0 saturated carbocycles. The van der Waals surface area contributed by atoms with Gasteiger partial charge in [-0.25, -0.2) is 4.39 Å². The van der Waals surface area contributed by atoms with Crippen LogP contribution >= 0.6 is 0 Å². The van der Waals surface area contributed by atoms with Gasteiger partial charge in [0.1, 0.15) is 17.7 Å². The molecule has 4 heteroatoms. The molecule has 94 valence electrons. The number of fused-ring (bicyclic) bond motifs is 1. The van der Waals surface area contributed by atoms with E-state index in [4.69, 9.17) is 10.5 Å². The maximum absolute atomic E-state index is 13.0. The summed E-state index contributed by atoms with van der Waals surface area (Å²) in [5, 5.41) is 0. The summed E-state index contributed by atoms with van der Waals surface area (Å²) in [5.74, 6) is 0.633. The van der Waals surface area contributed by atoms with Crippen LogP contribution in [-0.2, 0) is 6.42 Å². The van der Waals surface area contributed by atoms with E-state index in [0.717, 1.165) is 37.2 Å². The van der Waals surface area contributed by atoms with Crippen molar-refractivity contribution in [2.45, 2.75) is 18.9 Å². The molecular weight excluding hydrogens is 219 g/mol. The Labute approximate surface area is 101 Å². The predicted molar refractivity (Wildman–Crippen MR) is 65.7 cm³/mol. The molecule has 2 N–H and O–H groups in total. The maximum Gasteiger partial charge on any atom is 0.123 e. The number of halogens is 1. The smallest absolute Gasteiger partial charge is 0.123 e. The molecule has 1 heterocycles. The molecule has 1 atom stereocenters. The number of nitrogens with zero attached hydrogens (tertiary/aromatic N) is 1. The van der Waals surface area contributed by atoms with E-state index in [1.165, 1.54) is 6.07 Å². The number of benzene rings is 1. The third-order valence-electron chi connectivity index (χ3n) is 3.02. The van der Waals surface area contributed by atoms with Crippen molar-refractivity contribution in [2.24, 2.45) is 5.73 Å². The summed E-state index contributed by atoms with van der Waals surface area (Å²) < 4.78 is 18.8. The van der Waals surface area contributed by atoms with Gasteiger partial charge in [-0.15, -0.1) is 0 Å². The zero-order chi connectivity index (χ0) is 12.3. The lowest BCUT2D eigenvalue weighted by atomic mass is 10.1. The fourth-order valence-corrected chi connectivity index (χ4v) is 2.19. The molecule has 2 rings (SSSR count). The average molecular weight is 238 g/mol. The second-order valence-corrected chi connectivity index (χ2v) is 4.60. The molecule has 3 nitrogen and oxygen atoms in total. The van der Waals surface area contributed by atoms with Crippen LogP contribution in [0.25, 0.3) is 0 Å². The second-order valence-electron chi connectivity index (χ2n) is 4.60. The third kappa shape index (κ3) is 3.17. The molecule has 0 aliphatic carbocycles. The van der Waals surface area contributed by atoms with Crippen LogP contribution in [0.2, 0.25) is 0 Å². The number of likely N-dealkylation sites (N-methyl/N-ethyl adjacent to an activating group) is 1. The molecule has 0 aromatic heterocycles. The van der Waals surface area contributed by atoms with Crippen molar-refractivity contribution in [1.29, 1.82) is 0 Å². The zero-order valence-electron chi connectivity index (χ0n) is 10.2. The minimum atomic E-state index is -0.190. The maximum atomic E-state index is 13.0. The highest BCUT2D eigenvalue weighted by Crippen LogP contribution is 2.29. The van der Waals surface area contributed by atoms with E-state index in [-0.39, 0.29) is 11.9 Å². The van der Waals surface area contributed by atoms with E-state index >= 15 is 0 Å². The summed E-state index contributed by atoms with van der Waals surface area (Å²) in [6.45, 7) is 2.54. The summed E-state index contributed by atoms with van der Waals surface area (Å²) in [5.41, 5.74) is 6.45. The fraction of sp³-hybridized carbons (Fsp3) is 0.538. The first-order valence-corrected chi connectivity index (χ1v) is 6.02. The number of ether oxygens (including phenoxy) is 1. The van der Waals surface area contributed by atoms with E-state index in [2.05, 4.69) is 11.9 Å². The first-order chi connectivity index (χ1) is 8.19. The van der Waals surface area contributed by atoms with Gasteiger partial charge in [0.2, 0.25) is 0 Å². The van der Waals surface area contributed by atoms with Crippen LogP contribution in [0.4, 0.5) is 4.39 Å². The summed E-state index contributed by atoms with van der Waals surface area (Å²) in [6, 6.07) is 4.72. The van der Waals surface area contributed by atoms with Gasteiger partial charge in [-0.1, -0.05) is 0 Å². The summed E-state index contributed by atoms with van der Waals surface area (Å²) >= 11 is 0. The largest absolute Gasteiger partial charge is 0.488 e. The minimum absolute atomic E-state index is 0.134. The molecule has 1 aromatic carbocycles. The van der Waals surface area contributed by atoms with Crippen LogP contribution in [0.1, 0.15) is 12.0 Å². The third-order valence-corrected chi connectivity index (χ3v) is 3.02. The first-order valence-electron chi connectivity index (χ1n) is 6.02. The van der Waals surface area contributed by atoms with Gasteiger partial charge >= 0.3 is 0 Å². The molecule has 0 spiro atoms. The van der Waals surface area contributed by atoms with Gasteiger partial charge in [-0.05, 0) is 44.8 Å². The Bertz CT molecular complexity index is 384. The van der Waals surface area contributed by atoms with Gasteiger partial charge < -0.3 is 15.4 Å². The number of hydrogen-bond acceptors (Lipinski definition) is 3. The van der Waals surface area contributed by atoms with Gasteiger partial charge in [-0.3, -0.25) is 0 Å². The molecule has 1 aliphatic heterocycles. The Hall–Kier alpha value is -1.13. The molecule has 0 radical (unpaired) electrons. The summed E-state index contributed by atoms with van der Waals surface area (Å²) in [6.07, 6.45) is 1.92. The summed E-state index contributed by atoms with van der Waals surface area (Å²) in [7, 11) is 2.06. The van der Waals surface area contributed by atoms with E-state index in [1.807, 2.05) is 0 Å². The van der Waals surface area contributed by atoms with Gasteiger partial charge in [0.15, 0.2) is 0 Å². The topological polar surface area (TPSA) is 38.5 Å². The molecule has 0 saturated heterocycles. The number of hydrogen-bond donors (Lipinski definition) is 1. The highest BCUT2D eigenvalue weighted by Gasteiger charge is 2.24. The van der Waals surface area contributed by atoms with Crippen LogP contribution < -0.4 is 10.5 Å². The van der Waals surface area contributed by atoms with Gasteiger partial charge in [0, 0.05) is 18.5 Å². The molecule has 0 amide bonds. The van der Waals surface area contributed by atoms with Crippen LogP contribution in [0.3, 0.4) is 0 Å². The van der Waals surface area contributed by atoms with Crippen molar-refractivity contribution in [3.63, 3.8) is 0 Å². The standard InChI is InChI=1S/C13H19FN2O/c1-16(6-2-5-15)9-12-8-10-7-11(14)3-4-13(10)17-12/h3-4,7,12H,2,5-6,8-9,15H2,1H3. The second kappa shape index (κ2) is 5.47. The van der Waals surface area contributed by atoms with Gasteiger partial charge in [0.25, 0.3) is 0 Å². The van der Waals surface area contributed by atoms with Gasteiger partial charge in [0.05, 0.1) is 0 Å². The van der Waals surface area contributed by atoms with E-state index in [0.29, 0.717) is 6.54 Å². The lowest BCUT2D eigenvalue weighted by Gasteiger charge is -2.20. The molecular formula is C13H19FN2O. The van der Waals surface area contributed by atoms with Crippen LogP contribution in [0, 0.1) is 5.82 Å².